The molecular formula is C20H40NO3+. The largest absolute Gasteiger partial charge is 0.481 e. The van der Waals surface area contributed by atoms with Gasteiger partial charge in [0.15, 0.2) is 0 Å². The van der Waals surface area contributed by atoms with Crippen LogP contribution in [0.4, 0.5) is 0 Å². The van der Waals surface area contributed by atoms with Gasteiger partial charge in [-0.1, -0.05) is 58.1 Å². The van der Waals surface area contributed by atoms with E-state index in [0.717, 1.165) is 32.1 Å². The van der Waals surface area contributed by atoms with E-state index in [1.165, 1.54) is 19.3 Å². The smallest absolute Gasteiger partial charge is 0.306 e. The summed E-state index contributed by atoms with van der Waals surface area (Å²) in [6.07, 6.45) is 13.3. The molecule has 24 heavy (non-hydrogen) atoms. The van der Waals surface area contributed by atoms with Crippen LogP contribution in [0.2, 0.25) is 0 Å². The van der Waals surface area contributed by atoms with Crippen LogP contribution >= 0.6 is 0 Å². The van der Waals surface area contributed by atoms with Crippen molar-refractivity contribution in [3.8, 4) is 0 Å². The van der Waals surface area contributed by atoms with Crippen LogP contribution in [-0.2, 0) is 9.53 Å². The molecule has 0 aliphatic rings. The number of nitrogens with zero attached hydrogens (tertiary/aromatic N) is 1. The number of unbranched alkanes of at least 4 members (excludes halogenated alkanes) is 6. The first-order chi connectivity index (χ1) is 11.2. The molecule has 142 valence electrons. The minimum atomic E-state index is -0.797. The molecule has 0 saturated heterocycles. The lowest BCUT2D eigenvalue weighted by Crippen LogP contribution is -2.51. The van der Waals surface area contributed by atoms with Crippen molar-refractivity contribution < 1.29 is 19.1 Å². The Morgan fingerprint density at radius 2 is 1.67 bits per heavy atom. The summed E-state index contributed by atoms with van der Waals surface area (Å²) in [5, 5.41) is 9.40. The van der Waals surface area contributed by atoms with E-state index < -0.39 is 11.6 Å². The molecule has 4 nitrogen and oxygen atoms in total. The van der Waals surface area contributed by atoms with Crippen molar-refractivity contribution in [1.29, 1.82) is 0 Å². The normalized spacial score (nSPS) is 14.9. The fourth-order valence-electron chi connectivity index (χ4n) is 2.99. The van der Waals surface area contributed by atoms with E-state index in [0.29, 0.717) is 17.6 Å². The highest BCUT2D eigenvalue weighted by Gasteiger charge is 2.36. The monoisotopic (exact) mass is 342 g/mol. The fraction of sp³-hybridized carbons (Fsp3) is 0.850. The maximum absolute atomic E-state index is 11.4. The van der Waals surface area contributed by atoms with Gasteiger partial charge in [0.2, 0.25) is 0 Å². The highest BCUT2D eigenvalue weighted by Crippen LogP contribution is 2.23. The summed E-state index contributed by atoms with van der Waals surface area (Å²) in [6, 6.07) is 0. The summed E-state index contributed by atoms with van der Waals surface area (Å²) in [7, 11) is 6.25. The van der Waals surface area contributed by atoms with Crippen molar-refractivity contribution in [2.75, 3.05) is 34.3 Å². The van der Waals surface area contributed by atoms with Crippen LogP contribution in [0.15, 0.2) is 12.2 Å². The topological polar surface area (TPSA) is 46.5 Å². The average Bonchev–Trinajstić information content (AvgIpc) is 2.45. The Hall–Kier alpha value is -0.870. The fourth-order valence-corrected chi connectivity index (χ4v) is 2.99. The molecule has 0 bridgehead atoms. The summed E-state index contributed by atoms with van der Waals surface area (Å²) in [5.74, 6) is -0.797. The standard InChI is InChI=1S/C20H39NO3/c1-6-8-10-11-12-13-15-20(17-19(22)23,18-21(3,4)5)24-16-14-9-7-2/h13,15H,6-12,14,16-18H2,1-5H3/p+1. The third kappa shape index (κ3) is 12.5. The molecule has 0 aromatic rings. The van der Waals surface area contributed by atoms with E-state index in [1.807, 2.05) is 6.08 Å². The van der Waals surface area contributed by atoms with Crippen molar-refractivity contribution in [1.82, 2.24) is 0 Å². The number of hydrogen-bond donors (Lipinski definition) is 1. The number of allylic oxidation sites excluding steroid dienone is 1. The molecule has 0 aliphatic carbocycles. The quantitative estimate of drug-likeness (QED) is 0.268. The van der Waals surface area contributed by atoms with Crippen LogP contribution in [0.5, 0.6) is 0 Å². The number of ether oxygens (including phenoxy) is 1. The second kappa shape index (κ2) is 12.5. The average molecular weight is 343 g/mol. The Balaban J connectivity index is 4.94. The Kier molecular flexibility index (Phi) is 12.0. The summed E-state index contributed by atoms with van der Waals surface area (Å²) < 4.78 is 6.84. The first-order valence-electron chi connectivity index (χ1n) is 9.58. The van der Waals surface area contributed by atoms with Gasteiger partial charge in [-0.25, -0.2) is 0 Å². The number of aliphatic carboxylic acids is 1. The van der Waals surface area contributed by atoms with Crippen molar-refractivity contribution >= 4 is 5.97 Å². The molecule has 0 fully saturated rings. The maximum atomic E-state index is 11.4. The molecule has 0 aromatic heterocycles. The zero-order valence-electron chi connectivity index (χ0n) is 16.6. The number of rotatable bonds is 15. The molecule has 0 spiro atoms. The lowest BCUT2D eigenvalue weighted by molar-refractivity contribution is -0.876. The van der Waals surface area contributed by atoms with Gasteiger partial charge in [0.1, 0.15) is 12.1 Å². The predicted molar refractivity (Wildman–Crippen MR) is 101 cm³/mol. The van der Waals surface area contributed by atoms with Crippen LogP contribution in [0.25, 0.3) is 0 Å². The van der Waals surface area contributed by atoms with E-state index in [-0.39, 0.29) is 6.42 Å². The van der Waals surface area contributed by atoms with Gasteiger partial charge in [-0.05, 0) is 19.3 Å². The number of quaternary nitrogens is 1. The number of hydrogen-bond acceptors (Lipinski definition) is 2. The number of likely N-dealkylation sites (N-methyl/N-ethyl adjacent to an activating group) is 1. The SMILES string of the molecule is CCCCCCC=CC(CC(=O)O)(C[N+](C)(C)C)OCCCCC. The highest BCUT2D eigenvalue weighted by atomic mass is 16.5. The molecule has 4 heteroatoms. The first-order valence-corrected chi connectivity index (χ1v) is 9.58. The van der Waals surface area contributed by atoms with Crippen LogP contribution in [0, 0.1) is 0 Å². The van der Waals surface area contributed by atoms with Gasteiger partial charge in [-0.15, -0.1) is 0 Å². The molecule has 0 amide bonds. The molecule has 0 aromatic carbocycles. The first kappa shape index (κ1) is 23.1. The summed E-state index contributed by atoms with van der Waals surface area (Å²) in [6.45, 7) is 5.66. The zero-order valence-corrected chi connectivity index (χ0v) is 16.6. The van der Waals surface area contributed by atoms with Crippen LogP contribution < -0.4 is 0 Å². The Labute approximate surface area is 149 Å². The van der Waals surface area contributed by atoms with E-state index >= 15 is 0 Å². The van der Waals surface area contributed by atoms with Gasteiger partial charge in [0.05, 0.1) is 27.6 Å². The summed E-state index contributed by atoms with van der Waals surface area (Å²) in [4.78, 5) is 11.4. The summed E-state index contributed by atoms with van der Waals surface area (Å²) >= 11 is 0. The van der Waals surface area contributed by atoms with Crippen LogP contribution in [0.1, 0.15) is 71.6 Å². The minimum absolute atomic E-state index is 0.0279. The number of carbonyl (C=O) groups is 1. The molecule has 0 heterocycles. The molecule has 1 atom stereocenters. The van der Waals surface area contributed by atoms with E-state index in [4.69, 9.17) is 4.74 Å². The zero-order chi connectivity index (χ0) is 18.5. The second-order valence-electron chi connectivity index (χ2n) is 7.89. The van der Waals surface area contributed by atoms with E-state index in [2.05, 4.69) is 41.1 Å². The molecule has 0 saturated carbocycles. The van der Waals surface area contributed by atoms with Crippen molar-refractivity contribution in [2.24, 2.45) is 0 Å². The predicted octanol–water partition coefficient (Wildman–Crippen LogP) is 4.64. The number of carboxylic acids is 1. The van der Waals surface area contributed by atoms with E-state index in [9.17, 15) is 9.90 Å². The van der Waals surface area contributed by atoms with Crippen LogP contribution in [-0.4, -0.2) is 55.5 Å². The van der Waals surface area contributed by atoms with Gasteiger partial charge in [0.25, 0.3) is 0 Å². The van der Waals surface area contributed by atoms with Crippen molar-refractivity contribution in [3.63, 3.8) is 0 Å². The summed E-state index contributed by atoms with van der Waals surface area (Å²) in [5.41, 5.74) is -0.706. The van der Waals surface area contributed by atoms with E-state index in [1.54, 1.807) is 0 Å². The molecule has 0 radical (unpaired) electrons. The van der Waals surface area contributed by atoms with Gasteiger partial charge in [-0.2, -0.15) is 0 Å². The molecule has 1 unspecified atom stereocenters. The van der Waals surface area contributed by atoms with Gasteiger partial charge >= 0.3 is 5.97 Å². The molecular weight excluding hydrogens is 302 g/mol. The van der Waals surface area contributed by atoms with Gasteiger partial charge in [-0.3, -0.25) is 4.79 Å². The Morgan fingerprint density at radius 3 is 2.21 bits per heavy atom. The molecule has 1 N–H and O–H groups in total. The molecule has 0 rings (SSSR count). The lowest BCUT2D eigenvalue weighted by Gasteiger charge is -2.36. The maximum Gasteiger partial charge on any atom is 0.306 e. The number of carboxylic acid groups (broad SMARTS) is 1. The van der Waals surface area contributed by atoms with Crippen molar-refractivity contribution in [2.45, 2.75) is 77.2 Å². The van der Waals surface area contributed by atoms with Gasteiger partial charge < -0.3 is 14.3 Å². The second-order valence-corrected chi connectivity index (χ2v) is 7.89. The highest BCUT2D eigenvalue weighted by molar-refractivity contribution is 5.68. The lowest BCUT2D eigenvalue weighted by atomic mass is 9.96. The minimum Gasteiger partial charge on any atom is -0.481 e. The molecule has 0 aliphatic heterocycles. The third-order valence-corrected chi connectivity index (χ3v) is 3.98. The third-order valence-electron chi connectivity index (χ3n) is 3.98. The Bertz CT molecular complexity index is 360. The van der Waals surface area contributed by atoms with Gasteiger partial charge in [0, 0.05) is 6.61 Å². The van der Waals surface area contributed by atoms with Crippen molar-refractivity contribution in [3.05, 3.63) is 12.2 Å². The van der Waals surface area contributed by atoms with Crippen LogP contribution in [0.3, 0.4) is 0 Å². The Morgan fingerprint density at radius 1 is 1.04 bits per heavy atom.